The van der Waals surface area contributed by atoms with Gasteiger partial charge in [-0.25, -0.2) is 5.14 Å². The predicted octanol–water partition coefficient (Wildman–Crippen LogP) is 0.744. The Morgan fingerprint density at radius 1 is 1.38 bits per heavy atom. The maximum Gasteiger partial charge on any atom is 0.299 e. The topological polar surface area (TPSA) is 84.5 Å². The summed E-state index contributed by atoms with van der Waals surface area (Å²) >= 11 is 0. The van der Waals surface area contributed by atoms with Gasteiger partial charge in [0.05, 0.1) is 24.0 Å². The first-order valence-corrected chi connectivity index (χ1v) is 8.50. The molecule has 0 aromatic carbocycles. The SMILES string of the molecule is CN1CCC[C@H](N(c2cnn(C3CC3)c2)S(N)(=O)=O)C1.Cl. The second-order valence-electron chi connectivity index (χ2n) is 5.81. The van der Waals surface area contributed by atoms with Crippen LogP contribution < -0.4 is 9.44 Å². The molecule has 3 rings (SSSR count). The van der Waals surface area contributed by atoms with E-state index in [-0.39, 0.29) is 18.4 Å². The lowest BCUT2D eigenvalue weighted by Crippen LogP contribution is -2.51. The van der Waals surface area contributed by atoms with E-state index in [2.05, 4.69) is 10.00 Å². The van der Waals surface area contributed by atoms with Crippen LogP contribution in [0.4, 0.5) is 5.69 Å². The Morgan fingerprint density at radius 2 is 2.10 bits per heavy atom. The molecule has 2 fully saturated rings. The van der Waals surface area contributed by atoms with Crippen LogP contribution in [0.25, 0.3) is 0 Å². The Labute approximate surface area is 131 Å². The zero-order chi connectivity index (χ0) is 14.3. The van der Waals surface area contributed by atoms with Crippen molar-refractivity contribution in [3.8, 4) is 0 Å². The van der Waals surface area contributed by atoms with Crippen LogP contribution >= 0.6 is 12.4 Å². The fraction of sp³-hybridized carbons (Fsp3) is 0.750. The summed E-state index contributed by atoms with van der Waals surface area (Å²) in [6, 6.07) is 0.320. The van der Waals surface area contributed by atoms with Gasteiger partial charge in [0, 0.05) is 12.7 Å². The van der Waals surface area contributed by atoms with Crippen molar-refractivity contribution in [2.45, 2.75) is 37.8 Å². The van der Waals surface area contributed by atoms with Crippen LogP contribution in [-0.2, 0) is 10.2 Å². The number of piperidine rings is 1. The van der Waals surface area contributed by atoms with E-state index in [4.69, 9.17) is 5.14 Å². The van der Waals surface area contributed by atoms with Crippen LogP contribution in [0.3, 0.4) is 0 Å². The highest BCUT2D eigenvalue weighted by Gasteiger charge is 2.32. The zero-order valence-corrected chi connectivity index (χ0v) is 13.7. The Balaban J connectivity index is 0.00000161. The van der Waals surface area contributed by atoms with Crippen LogP contribution in [0.5, 0.6) is 0 Å². The molecule has 1 saturated carbocycles. The lowest BCUT2D eigenvalue weighted by molar-refractivity contribution is 0.253. The molecule has 0 amide bonds. The van der Waals surface area contributed by atoms with E-state index in [9.17, 15) is 8.42 Å². The lowest BCUT2D eigenvalue weighted by atomic mass is 10.1. The summed E-state index contributed by atoms with van der Waals surface area (Å²) < 4.78 is 27.2. The number of likely N-dealkylation sites (N-methyl/N-ethyl adjacent to an activating group) is 1. The maximum atomic E-state index is 12.0. The monoisotopic (exact) mass is 335 g/mol. The molecule has 2 heterocycles. The van der Waals surface area contributed by atoms with E-state index in [0.29, 0.717) is 18.3 Å². The number of halogens is 1. The van der Waals surface area contributed by atoms with Crippen molar-refractivity contribution in [2.24, 2.45) is 5.14 Å². The van der Waals surface area contributed by atoms with Gasteiger partial charge in [0.1, 0.15) is 0 Å². The van der Waals surface area contributed by atoms with Gasteiger partial charge in [0.2, 0.25) is 0 Å². The Hall–Kier alpha value is -0.830. The molecule has 1 aliphatic heterocycles. The second kappa shape index (κ2) is 6.12. The standard InChI is InChI=1S/C12H21N5O2S.ClH/c1-15-6-2-3-11(8-15)17(20(13,18)19)12-7-14-16(9-12)10-4-5-10;/h7,9-11H,2-6,8H2,1H3,(H2,13,18,19);1H/t11-;/m0./s1. The molecule has 2 N–H and O–H groups in total. The molecule has 21 heavy (non-hydrogen) atoms. The van der Waals surface area contributed by atoms with Gasteiger partial charge in [-0.05, 0) is 39.3 Å². The van der Waals surface area contributed by atoms with Gasteiger partial charge in [-0.2, -0.15) is 13.5 Å². The minimum Gasteiger partial charge on any atom is -0.304 e. The smallest absolute Gasteiger partial charge is 0.299 e. The van der Waals surface area contributed by atoms with Crippen LogP contribution in [-0.4, -0.2) is 49.3 Å². The Bertz CT molecular complexity index is 586. The van der Waals surface area contributed by atoms with Crippen LogP contribution in [0.15, 0.2) is 12.4 Å². The summed E-state index contributed by atoms with van der Waals surface area (Å²) in [5.74, 6) is 0. The highest BCUT2D eigenvalue weighted by Crippen LogP contribution is 2.35. The third-order valence-electron chi connectivity index (χ3n) is 3.97. The average Bonchev–Trinajstić information content (AvgIpc) is 3.09. The number of hydrogen-bond acceptors (Lipinski definition) is 4. The Kier molecular flexibility index (Phi) is 4.82. The van der Waals surface area contributed by atoms with E-state index in [1.165, 1.54) is 4.31 Å². The molecule has 0 unspecified atom stereocenters. The molecule has 0 radical (unpaired) electrons. The highest BCUT2D eigenvalue weighted by atomic mass is 35.5. The number of likely N-dealkylation sites (tertiary alicyclic amines) is 1. The van der Waals surface area contributed by atoms with E-state index >= 15 is 0 Å². The van der Waals surface area contributed by atoms with E-state index in [1.807, 2.05) is 11.7 Å². The van der Waals surface area contributed by atoms with Crippen molar-refractivity contribution in [3.63, 3.8) is 0 Å². The molecule has 2 aliphatic rings. The van der Waals surface area contributed by atoms with Crippen molar-refractivity contribution in [1.82, 2.24) is 14.7 Å². The molecule has 1 saturated heterocycles. The molecule has 7 nitrogen and oxygen atoms in total. The summed E-state index contributed by atoms with van der Waals surface area (Å²) in [6.07, 6.45) is 7.44. The molecule has 1 aliphatic carbocycles. The quantitative estimate of drug-likeness (QED) is 0.879. The average molecular weight is 336 g/mol. The molecular weight excluding hydrogens is 314 g/mol. The molecule has 0 spiro atoms. The van der Waals surface area contributed by atoms with Crippen LogP contribution in [0, 0.1) is 0 Å². The number of anilines is 1. The molecule has 1 aromatic rings. The molecule has 0 bridgehead atoms. The summed E-state index contributed by atoms with van der Waals surface area (Å²) in [6.45, 7) is 1.70. The molecule has 9 heteroatoms. The summed E-state index contributed by atoms with van der Waals surface area (Å²) in [4.78, 5) is 2.14. The van der Waals surface area contributed by atoms with Crippen LogP contribution in [0.2, 0.25) is 0 Å². The van der Waals surface area contributed by atoms with E-state index < -0.39 is 10.2 Å². The Morgan fingerprint density at radius 3 is 2.67 bits per heavy atom. The normalized spacial score (nSPS) is 23.6. The first-order chi connectivity index (χ1) is 9.45. The van der Waals surface area contributed by atoms with Gasteiger partial charge in [-0.15, -0.1) is 12.4 Å². The minimum absolute atomic E-state index is 0. The minimum atomic E-state index is -3.78. The lowest BCUT2D eigenvalue weighted by Gasteiger charge is -2.36. The molecule has 1 atom stereocenters. The molecule has 120 valence electrons. The molecule has 1 aromatic heterocycles. The number of nitrogens with zero attached hydrogens (tertiary/aromatic N) is 4. The predicted molar refractivity (Wildman–Crippen MR) is 83.9 cm³/mol. The van der Waals surface area contributed by atoms with Crippen molar-refractivity contribution in [3.05, 3.63) is 12.4 Å². The fourth-order valence-electron chi connectivity index (χ4n) is 2.88. The summed E-state index contributed by atoms with van der Waals surface area (Å²) in [5.41, 5.74) is 0.583. The number of nitrogens with two attached hydrogens (primary N) is 1. The summed E-state index contributed by atoms with van der Waals surface area (Å²) in [5, 5.41) is 9.70. The van der Waals surface area contributed by atoms with E-state index in [1.54, 1.807) is 12.4 Å². The van der Waals surface area contributed by atoms with Gasteiger partial charge < -0.3 is 4.90 Å². The van der Waals surface area contributed by atoms with Crippen molar-refractivity contribution < 1.29 is 8.42 Å². The first kappa shape index (κ1) is 16.5. The largest absolute Gasteiger partial charge is 0.304 e. The van der Waals surface area contributed by atoms with Crippen molar-refractivity contribution in [1.29, 1.82) is 0 Å². The van der Waals surface area contributed by atoms with Gasteiger partial charge in [0.25, 0.3) is 10.2 Å². The van der Waals surface area contributed by atoms with Gasteiger partial charge in [-0.3, -0.25) is 8.99 Å². The zero-order valence-electron chi connectivity index (χ0n) is 12.1. The third-order valence-corrected chi connectivity index (χ3v) is 5.03. The first-order valence-electron chi connectivity index (χ1n) is 7.00. The number of rotatable bonds is 4. The number of aromatic nitrogens is 2. The third kappa shape index (κ3) is 3.68. The van der Waals surface area contributed by atoms with Gasteiger partial charge >= 0.3 is 0 Å². The van der Waals surface area contributed by atoms with Crippen molar-refractivity contribution >= 4 is 28.3 Å². The number of hydrogen-bond donors (Lipinski definition) is 1. The van der Waals surface area contributed by atoms with E-state index in [0.717, 1.165) is 32.2 Å². The van der Waals surface area contributed by atoms with Gasteiger partial charge in [0.15, 0.2) is 0 Å². The van der Waals surface area contributed by atoms with Gasteiger partial charge in [-0.1, -0.05) is 0 Å². The fourth-order valence-corrected chi connectivity index (χ4v) is 3.85. The molecular formula is C12H22ClN5O2S. The van der Waals surface area contributed by atoms with Crippen molar-refractivity contribution in [2.75, 3.05) is 24.4 Å². The van der Waals surface area contributed by atoms with Crippen LogP contribution in [0.1, 0.15) is 31.7 Å². The summed E-state index contributed by atoms with van der Waals surface area (Å²) in [7, 11) is -1.78. The maximum absolute atomic E-state index is 12.0. The second-order valence-corrected chi connectivity index (χ2v) is 7.23. The highest BCUT2D eigenvalue weighted by molar-refractivity contribution is 7.90.